The second kappa shape index (κ2) is 12.3. The second-order valence-electron chi connectivity index (χ2n) is 6.75. The number of rotatable bonds is 11. The van der Waals surface area contributed by atoms with Gasteiger partial charge in [0.2, 0.25) is 9.70 Å². The molecule has 0 bridgehead atoms. The van der Waals surface area contributed by atoms with Crippen LogP contribution < -0.4 is 10.6 Å². The van der Waals surface area contributed by atoms with Crippen molar-refractivity contribution < 1.29 is 18.0 Å². The molecule has 1 aromatic carbocycles. The van der Waals surface area contributed by atoms with Crippen molar-refractivity contribution in [2.45, 2.75) is 74.4 Å². The lowest BCUT2D eigenvalue weighted by molar-refractivity contribution is -0.137. The molecule has 2 N–H and O–H groups in total. The van der Waals surface area contributed by atoms with Gasteiger partial charge in [-0.1, -0.05) is 91.9 Å². The number of hydrogen-bond acceptors (Lipinski definition) is 2. The van der Waals surface area contributed by atoms with Gasteiger partial charge in [-0.25, -0.2) is 0 Å². The van der Waals surface area contributed by atoms with E-state index in [1.807, 2.05) is 0 Å². The Labute approximate surface area is 189 Å². The van der Waals surface area contributed by atoms with Gasteiger partial charge < -0.3 is 10.6 Å². The standard InChI is InChI=1S/C19H25Cl4F3N2O/c1-2-3-4-5-6-7-8-9-16(29)28-17(18(21,22)23)27-13-10-11-14(15(20)12-13)19(24,25)26/h10-12,17,27H,2-9H2,1H3,(H,28,29). The van der Waals surface area contributed by atoms with Gasteiger partial charge in [0.05, 0.1) is 10.6 Å². The van der Waals surface area contributed by atoms with E-state index >= 15 is 0 Å². The molecular weight excluding hydrogens is 471 g/mol. The second-order valence-corrected chi connectivity index (χ2v) is 9.53. The molecule has 29 heavy (non-hydrogen) atoms. The SMILES string of the molecule is CCCCCCCCCC(=O)NC(Nc1ccc(C(F)(F)F)c(Cl)c1)C(Cl)(Cl)Cl. The lowest BCUT2D eigenvalue weighted by Gasteiger charge is -2.27. The largest absolute Gasteiger partial charge is 0.417 e. The number of nitrogens with one attached hydrogen (secondary N) is 2. The molecule has 1 aromatic rings. The van der Waals surface area contributed by atoms with Crippen LogP contribution in [0, 0.1) is 0 Å². The van der Waals surface area contributed by atoms with Crippen LogP contribution in [0.1, 0.15) is 63.9 Å². The van der Waals surface area contributed by atoms with Crippen LogP contribution in [0.4, 0.5) is 18.9 Å². The van der Waals surface area contributed by atoms with E-state index in [0.29, 0.717) is 6.42 Å². The average molecular weight is 496 g/mol. The highest BCUT2D eigenvalue weighted by Crippen LogP contribution is 2.37. The van der Waals surface area contributed by atoms with Gasteiger partial charge >= 0.3 is 6.18 Å². The molecule has 0 saturated carbocycles. The van der Waals surface area contributed by atoms with Gasteiger partial charge in [0, 0.05) is 12.1 Å². The minimum Gasteiger partial charge on any atom is -0.362 e. The quantitative estimate of drug-likeness (QED) is 0.187. The van der Waals surface area contributed by atoms with Crippen LogP contribution in [-0.4, -0.2) is 15.9 Å². The van der Waals surface area contributed by atoms with Crippen molar-refractivity contribution in [3.8, 4) is 0 Å². The summed E-state index contributed by atoms with van der Waals surface area (Å²) < 4.78 is 36.5. The van der Waals surface area contributed by atoms with Crippen molar-refractivity contribution in [2.75, 3.05) is 5.32 Å². The predicted octanol–water partition coefficient (Wildman–Crippen LogP) is 7.72. The predicted molar refractivity (Wildman–Crippen MR) is 115 cm³/mol. The number of alkyl halides is 6. The Hall–Kier alpha value is -0.560. The van der Waals surface area contributed by atoms with Gasteiger partial charge in [-0.15, -0.1) is 0 Å². The van der Waals surface area contributed by atoms with Gasteiger partial charge in [0.15, 0.2) is 0 Å². The summed E-state index contributed by atoms with van der Waals surface area (Å²) in [7, 11) is 0. The summed E-state index contributed by atoms with van der Waals surface area (Å²) in [6, 6.07) is 3.04. The van der Waals surface area contributed by atoms with Crippen molar-refractivity contribution >= 4 is 58.0 Å². The molecule has 3 nitrogen and oxygen atoms in total. The number of unbranched alkanes of at least 4 members (excludes halogenated alkanes) is 6. The molecule has 166 valence electrons. The Morgan fingerprint density at radius 3 is 2.14 bits per heavy atom. The van der Waals surface area contributed by atoms with Crippen LogP contribution in [0.3, 0.4) is 0 Å². The molecule has 1 atom stereocenters. The zero-order valence-corrected chi connectivity index (χ0v) is 19.0. The molecule has 0 heterocycles. The first kappa shape index (κ1) is 26.5. The maximum atomic E-state index is 12.8. The molecule has 0 fully saturated rings. The van der Waals surface area contributed by atoms with Gasteiger partial charge in [-0.3, -0.25) is 4.79 Å². The highest BCUT2D eigenvalue weighted by Gasteiger charge is 2.35. The maximum Gasteiger partial charge on any atom is 0.417 e. The Morgan fingerprint density at radius 1 is 1.03 bits per heavy atom. The summed E-state index contributed by atoms with van der Waals surface area (Å²) in [6.45, 7) is 2.15. The van der Waals surface area contributed by atoms with Crippen LogP contribution in [0.2, 0.25) is 5.02 Å². The average Bonchev–Trinajstić information content (AvgIpc) is 2.58. The van der Waals surface area contributed by atoms with Crippen LogP contribution >= 0.6 is 46.4 Å². The van der Waals surface area contributed by atoms with Crippen molar-refractivity contribution in [1.82, 2.24) is 5.32 Å². The van der Waals surface area contributed by atoms with E-state index in [-0.39, 0.29) is 18.0 Å². The first-order valence-electron chi connectivity index (χ1n) is 9.44. The molecule has 0 aliphatic heterocycles. The number of halogens is 7. The molecular formula is C19H25Cl4F3N2O. The number of carbonyl (C=O) groups is 1. The smallest absolute Gasteiger partial charge is 0.362 e. The van der Waals surface area contributed by atoms with Crippen LogP contribution in [0.5, 0.6) is 0 Å². The van der Waals surface area contributed by atoms with Gasteiger partial charge in [0.25, 0.3) is 0 Å². The van der Waals surface area contributed by atoms with Crippen molar-refractivity contribution in [2.24, 2.45) is 0 Å². The third-order valence-electron chi connectivity index (χ3n) is 4.23. The first-order valence-corrected chi connectivity index (χ1v) is 11.0. The van der Waals surface area contributed by atoms with E-state index in [1.165, 1.54) is 19.3 Å². The van der Waals surface area contributed by atoms with Crippen molar-refractivity contribution in [3.63, 3.8) is 0 Å². The third-order valence-corrected chi connectivity index (χ3v) is 5.19. The number of benzene rings is 1. The normalized spacial score (nSPS) is 13.2. The van der Waals surface area contributed by atoms with Crippen molar-refractivity contribution in [1.29, 1.82) is 0 Å². The molecule has 0 radical (unpaired) electrons. The molecule has 0 aliphatic rings. The lowest BCUT2D eigenvalue weighted by Crippen LogP contribution is -2.49. The van der Waals surface area contributed by atoms with Crippen LogP contribution in [0.25, 0.3) is 0 Å². The molecule has 1 amide bonds. The molecule has 1 unspecified atom stereocenters. The van der Waals surface area contributed by atoms with Gasteiger partial charge in [-0.2, -0.15) is 13.2 Å². The minimum atomic E-state index is -4.57. The molecule has 10 heteroatoms. The van der Waals surface area contributed by atoms with Gasteiger partial charge in [0.1, 0.15) is 6.17 Å². The molecule has 0 spiro atoms. The van der Waals surface area contributed by atoms with E-state index in [4.69, 9.17) is 46.4 Å². The summed E-state index contributed by atoms with van der Waals surface area (Å²) in [5, 5.41) is 4.78. The molecule has 0 aliphatic carbocycles. The van der Waals surface area contributed by atoms with Crippen molar-refractivity contribution in [3.05, 3.63) is 28.8 Å². The molecule has 1 rings (SSSR count). The third kappa shape index (κ3) is 10.3. The zero-order valence-electron chi connectivity index (χ0n) is 16.0. The fraction of sp³-hybridized carbons (Fsp3) is 0.632. The van der Waals surface area contributed by atoms with Crippen LogP contribution in [0.15, 0.2) is 18.2 Å². The Kier molecular flexibility index (Phi) is 11.3. The topological polar surface area (TPSA) is 41.1 Å². The molecule has 0 aromatic heterocycles. The Balaban J connectivity index is 2.61. The summed E-state index contributed by atoms with van der Waals surface area (Å²) in [5.41, 5.74) is -0.798. The number of amides is 1. The highest BCUT2D eigenvalue weighted by atomic mass is 35.6. The summed E-state index contributed by atoms with van der Waals surface area (Å²) in [6.07, 6.45) is 1.97. The number of hydrogen-bond donors (Lipinski definition) is 2. The van der Waals surface area contributed by atoms with Gasteiger partial charge in [-0.05, 0) is 24.6 Å². The first-order chi connectivity index (χ1) is 13.4. The van der Waals surface area contributed by atoms with Crippen LogP contribution in [-0.2, 0) is 11.0 Å². The van der Waals surface area contributed by atoms with E-state index in [0.717, 1.165) is 37.5 Å². The summed E-state index contributed by atoms with van der Waals surface area (Å²) in [5.74, 6) is -0.319. The highest BCUT2D eigenvalue weighted by molar-refractivity contribution is 6.68. The van der Waals surface area contributed by atoms with E-state index in [1.54, 1.807) is 0 Å². The van der Waals surface area contributed by atoms with E-state index < -0.39 is 26.7 Å². The lowest BCUT2D eigenvalue weighted by atomic mass is 10.1. The number of carbonyl (C=O) groups excluding carboxylic acids is 1. The van der Waals surface area contributed by atoms with E-state index in [2.05, 4.69) is 17.6 Å². The molecule has 0 saturated heterocycles. The summed E-state index contributed by atoms with van der Waals surface area (Å²) in [4.78, 5) is 12.2. The minimum absolute atomic E-state index is 0.176. The fourth-order valence-electron chi connectivity index (χ4n) is 2.68. The van der Waals surface area contributed by atoms with E-state index in [9.17, 15) is 18.0 Å². The number of anilines is 1. The fourth-order valence-corrected chi connectivity index (χ4v) is 3.29. The monoisotopic (exact) mass is 494 g/mol. The summed E-state index contributed by atoms with van der Waals surface area (Å²) >= 11 is 23.4. The maximum absolute atomic E-state index is 12.8. The zero-order chi connectivity index (χ0) is 22.1. The Morgan fingerprint density at radius 2 is 1.62 bits per heavy atom. The Bertz CT molecular complexity index is 651.